The van der Waals surface area contributed by atoms with Crippen LogP contribution in [0.15, 0.2) is 24.3 Å². The van der Waals surface area contributed by atoms with Gasteiger partial charge in [-0.1, -0.05) is 34.8 Å². The molecule has 0 radical (unpaired) electrons. The van der Waals surface area contributed by atoms with Crippen molar-refractivity contribution in [1.82, 2.24) is 5.32 Å². The number of alkyl carbamates (subject to hydrolysis) is 1. The van der Waals surface area contributed by atoms with E-state index in [1.165, 1.54) is 0 Å². The molecule has 0 aromatic heterocycles. The van der Waals surface area contributed by atoms with Crippen molar-refractivity contribution < 1.29 is 57.4 Å². The van der Waals surface area contributed by atoms with Gasteiger partial charge in [0, 0.05) is 32.9 Å². The van der Waals surface area contributed by atoms with Gasteiger partial charge in [0.2, 0.25) is 12.2 Å². The second-order valence-corrected chi connectivity index (χ2v) is 10.8. The second kappa shape index (κ2) is 14.9. The van der Waals surface area contributed by atoms with E-state index in [4.69, 9.17) is 68.6 Å². The Kier molecular flexibility index (Phi) is 12.2. The van der Waals surface area contributed by atoms with Gasteiger partial charge >= 0.3 is 30.2 Å². The zero-order valence-electron chi connectivity index (χ0n) is 22.2. The molecular formula is C22H23Cl3N4O14. The molecule has 6 atom stereocenters. The summed E-state index contributed by atoms with van der Waals surface area (Å²) in [6.07, 6.45) is -10.5. The third-order valence-electron chi connectivity index (χ3n) is 5.28. The number of nitro groups is 2. The standard InChI is InChI=1S/C22H23Cl3N4O14/c1-9(30)38-8-14-16(39-10(2)31)17(40-11(3)32)15(19(41-14)43-20(26)22(23,24)25)27-21(33)42-18(29(36)37)12-4-6-13(7-5-12)28(34)35/h4-7,14-19,26H,8H2,1-3H3,(H,27,33)/t14-,15-,16-,17-,18?,19?/m1/s1. The third-order valence-corrected chi connectivity index (χ3v) is 5.79. The molecule has 1 amide bonds. The van der Waals surface area contributed by atoms with Crippen LogP contribution < -0.4 is 5.32 Å². The fourth-order valence-corrected chi connectivity index (χ4v) is 3.74. The second-order valence-electron chi connectivity index (χ2n) is 8.50. The van der Waals surface area contributed by atoms with Crippen LogP contribution in [-0.4, -0.2) is 80.8 Å². The molecule has 2 unspecified atom stereocenters. The van der Waals surface area contributed by atoms with Crippen LogP contribution in [0, 0.1) is 25.6 Å². The Balaban J connectivity index is 2.50. The molecular weight excluding hydrogens is 651 g/mol. The Morgan fingerprint density at radius 3 is 2.00 bits per heavy atom. The number of esters is 3. The number of hydrogen-bond donors (Lipinski definition) is 2. The van der Waals surface area contributed by atoms with Crippen LogP contribution in [0.25, 0.3) is 0 Å². The Labute approximate surface area is 256 Å². The van der Waals surface area contributed by atoms with Gasteiger partial charge in [-0.3, -0.25) is 40.0 Å². The molecule has 1 aromatic carbocycles. The van der Waals surface area contributed by atoms with E-state index in [0.29, 0.717) is 0 Å². The van der Waals surface area contributed by atoms with Crippen molar-refractivity contribution >= 4 is 70.4 Å². The van der Waals surface area contributed by atoms with Crippen LogP contribution in [0.5, 0.6) is 0 Å². The van der Waals surface area contributed by atoms with Gasteiger partial charge in [0.1, 0.15) is 18.8 Å². The SMILES string of the molecule is CC(=O)OC[C@H]1OC(OC(=N)C(Cl)(Cl)Cl)[C@H](NC(=O)OC(c2ccc([N+](=O)[O-])cc2)[N+](=O)[O-])[C@@H](OC(C)=O)[C@@H]1OC(C)=O. The van der Waals surface area contributed by atoms with Gasteiger partial charge in [-0.2, -0.15) is 0 Å². The van der Waals surface area contributed by atoms with E-state index in [0.717, 1.165) is 45.0 Å². The third kappa shape index (κ3) is 10.3. The van der Waals surface area contributed by atoms with E-state index < -0.39 is 92.7 Å². The summed E-state index contributed by atoms with van der Waals surface area (Å²) >= 11 is 17.1. The number of amides is 1. The quantitative estimate of drug-likeness (QED) is 0.0529. The maximum absolute atomic E-state index is 13.0. The van der Waals surface area contributed by atoms with Crippen molar-refractivity contribution in [3.05, 3.63) is 50.1 Å². The number of hydrogen-bond acceptors (Lipinski definition) is 15. The van der Waals surface area contributed by atoms with Gasteiger partial charge in [-0.15, -0.1) is 0 Å². The molecule has 0 bridgehead atoms. The maximum atomic E-state index is 13.0. The highest BCUT2D eigenvalue weighted by atomic mass is 35.6. The van der Waals surface area contributed by atoms with Gasteiger partial charge in [-0.05, 0) is 12.1 Å². The Morgan fingerprint density at radius 2 is 1.53 bits per heavy atom. The lowest BCUT2D eigenvalue weighted by Crippen LogP contribution is -2.67. The molecule has 0 saturated carbocycles. The number of benzene rings is 1. The molecule has 43 heavy (non-hydrogen) atoms. The van der Waals surface area contributed by atoms with Crippen LogP contribution >= 0.6 is 34.8 Å². The molecule has 2 N–H and O–H groups in total. The van der Waals surface area contributed by atoms with Crippen molar-refractivity contribution in [2.24, 2.45) is 0 Å². The van der Waals surface area contributed by atoms with Gasteiger partial charge in [0.15, 0.2) is 12.2 Å². The molecule has 1 aliphatic rings. The fraction of sp³-hybridized carbons (Fsp3) is 0.500. The van der Waals surface area contributed by atoms with Crippen LogP contribution in [0.1, 0.15) is 32.6 Å². The van der Waals surface area contributed by atoms with Gasteiger partial charge in [-0.25, -0.2) is 4.79 Å². The summed E-state index contributed by atoms with van der Waals surface area (Å²) in [7, 11) is 0. The summed E-state index contributed by atoms with van der Waals surface area (Å²) in [4.78, 5) is 69.2. The fourth-order valence-electron chi connectivity index (χ4n) is 3.60. The highest BCUT2D eigenvalue weighted by Crippen LogP contribution is 2.33. The summed E-state index contributed by atoms with van der Waals surface area (Å²) in [6.45, 7) is 2.37. The Bertz CT molecular complexity index is 1260. The lowest BCUT2D eigenvalue weighted by molar-refractivity contribution is -0.575. The number of nitrogens with one attached hydrogen (secondary N) is 2. The van der Waals surface area contributed by atoms with Crippen LogP contribution in [-0.2, 0) is 42.8 Å². The molecule has 1 fully saturated rings. The lowest BCUT2D eigenvalue weighted by atomic mass is 9.96. The molecule has 236 valence electrons. The first-order valence-electron chi connectivity index (χ1n) is 11.7. The predicted octanol–water partition coefficient (Wildman–Crippen LogP) is 2.48. The Hall–Kier alpha value is -4.00. The monoisotopic (exact) mass is 672 g/mol. The number of carbonyl (C=O) groups excluding carboxylic acids is 4. The molecule has 21 heteroatoms. The number of alkyl halides is 3. The van der Waals surface area contributed by atoms with Gasteiger partial charge in [0.05, 0.1) is 15.4 Å². The van der Waals surface area contributed by atoms with E-state index in [-0.39, 0.29) is 5.56 Å². The molecule has 1 aromatic rings. The molecule has 18 nitrogen and oxygen atoms in total. The summed E-state index contributed by atoms with van der Waals surface area (Å²) in [5.74, 6) is -3.77. The number of halogens is 3. The topological polar surface area (TPSA) is 246 Å². The van der Waals surface area contributed by atoms with Crippen LogP contribution in [0.3, 0.4) is 0 Å². The smallest absolute Gasteiger partial charge is 0.413 e. The first-order valence-corrected chi connectivity index (χ1v) is 12.8. The minimum Gasteiger partial charge on any atom is -0.463 e. The molecule has 0 aliphatic carbocycles. The summed E-state index contributed by atoms with van der Waals surface area (Å²) < 4.78 is 28.8. The van der Waals surface area contributed by atoms with E-state index in [2.05, 4.69) is 5.32 Å². The predicted molar refractivity (Wildman–Crippen MR) is 142 cm³/mol. The largest absolute Gasteiger partial charge is 0.463 e. The highest BCUT2D eigenvalue weighted by molar-refractivity contribution is 6.76. The average Bonchev–Trinajstić information content (AvgIpc) is 2.88. The van der Waals surface area contributed by atoms with Gasteiger partial charge < -0.3 is 33.7 Å². The number of carbonyl (C=O) groups is 4. The van der Waals surface area contributed by atoms with Crippen molar-refractivity contribution in [2.45, 2.75) is 61.4 Å². The van der Waals surface area contributed by atoms with E-state index in [9.17, 15) is 39.4 Å². The zero-order valence-corrected chi connectivity index (χ0v) is 24.5. The summed E-state index contributed by atoms with van der Waals surface area (Å²) in [6, 6.07) is 2.06. The molecule has 1 aliphatic heterocycles. The number of rotatable bonds is 10. The van der Waals surface area contributed by atoms with Crippen molar-refractivity contribution in [3.63, 3.8) is 0 Å². The summed E-state index contributed by atoms with van der Waals surface area (Å²) in [5.41, 5.74) is -0.665. The maximum Gasteiger partial charge on any atom is 0.413 e. The zero-order chi connectivity index (χ0) is 32.6. The minimum absolute atomic E-state index is 0.271. The van der Waals surface area contributed by atoms with Crippen molar-refractivity contribution in [1.29, 1.82) is 5.41 Å². The van der Waals surface area contributed by atoms with Crippen molar-refractivity contribution in [3.8, 4) is 0 Å². The minimum atomic E-state index is -2.48. The van der Waals surface area contributed by atoms with E-state index in [1.807, 2.05) is 0 Å². The van der Waals surface area contributed by atoms with E-state index >= 15 is 0 Å². The average molecular weight is 674 g/mol. The van der Waals surface area contributed by atoms with Crippen LogP contribution in [0.4, 0.5) is 10.5 Å². The lowest BCUT2D eigenvalue weighted by Gasteiger charge is -2.44. The van der Waals surface area contributed by atoms with Crippen LogP contribution in [0.2, 0.25) is 0 Å². The first kappa shape index (κ1) is 35.2. The number of non-ortho nitro benzene ring substituents is 1. The highest BCUT2D eigenvalue weighted by Gasteiger charge is 2.53. The molecule has 0 spiro atoms. The molecule has 2 rings (SSSR count). The van der Waals surface area contributed by atoms with Gasteiger partial charge in [0.25, 0.3) is 9.48 Å². The molecule has 1 saturated heterocycles. The van der Waals surface area contributed by atoms with E-state index in [1.54, 1.807) is 0 Å². The Morgan fingerprint density at radius 1 is 0.977 bits per heavy atom. The summed E-state index contributed by atoms with van der Waals surface area (Å²) in [5, 5.41) is 32.7. The first-order chi connectivity index (χ1) is 19.9. The van der Waals surface area contributed by atoms with Crippen molar-refractivity contribution in [2.75, 3.05) is 6.61 Å². The normalized spacial score (nSPS) is 22.2. The molecule has 1 heterocycles. The number of nitrogens with zero attached hydrogens (tertiary/aromatic N) is 2. The number of nitro benzene ring substituents is 1. The number of ether oxygens (including phenoxy) is 6.